The molecule has 0 aliphatic carbocycles. The molecule has 0 saturated heterocycles. The van der Waals surface area contributed by atoms with Crippen LogP contribution in [-0.4, -0.2) is 11.8 Å². The van der Waals surface area contributed by atoms with Crippen LogP contribution < -0.4 is 11.1 Å². The Morgan fingerprint density at radius 1 is 1.19 bits per heavy atom. The van der Waals surface area contributed by atoms with E-state index in [0.29, 0.717) is 4.47 Å². The van der Waals surface area contributed by atoms with Crippen LogP contribution in [0, 0.1) is 5.82 Å². The smallest absolute Gasteiger partial charge is 0.256 e. The molecule has 2 rings (SSSR count). The SMILES string of the molecule is NC(=O)c1ccc(Cl)c(NC(=O)c2ccc(F)cc2Br)c1. The molecular weight excluding hydrogens is 363 g/mol. The van der Waals surface area contributed by atoms with Crippen LogP contribution in [0.25, 0.3) is 0 Å². The highest BCUT2D eigenvalue weighted by Gasteiger charge is 2.13. The summed E-state index contributed by atoms with van der Waals surface area (Å²) in [7, 11) is 0. The minimum atomic E-state index is -0.634. The minimum absolute atomic E-state index is 0.216. The number of carbonyl (C=O) groups excluding carboxylic acids is 2. The molecule has 2 amide bonds. The van der Waals surface area contributed by atoms with Gasteiger partial charge in [-0.15, -0.1) is 0 Å². The second kappa shape index (κ2) is 6.24. The van der Waals surface area contributed by atoms with Crippen LogP contribution in [0.15, 0.2) is 40.9 Å². The van der Waals surface area contributed by atoms with Gasteiger partial charge in [-0.25, -0.2) is 4.39 Å². The number of carbonyl (C=O) groups is 2. The lowest BCUT2D eigenvalue weighted by Gasteiger charge is -2.09. The highest BCUT2D eigenvalue weighted by atomic mass is 79.9. The Bertz CT molecular complexity index is 737. The van der Waals surface area contributed by atoms with E-state index in [1.807, 2.05) is 0 Å². The van der Waals surface area contributed by atoms with Crippen LogP contribution in [0.1, 0.15) is 20.7 Å². The maximum absolute atomic E-state index is 13.0. The number of hydrogen-bond donors (Lipinski definition) is 2. The molecule has 4 nitrogen and oxygen atoms in total. The number of nitrogens with one attached hydrogen (secondary N) is 1. The molecule has 0 saturated carbocycles. The molecule has 7 heteroatoms. The van der Waals surface area contributed by atoms with Crippen molar-refractivity contribution in [2.45, 2.75) is 0 Å². The van der Waals surface area contributed by atoms with Gasteiger partial charge in [-0.05, 0) is 52.3 Å². The third kappa shape index (κ3) is 3.59. The van der Waals surface area contributed by atoms with Gasteiger partial charge in [-0.1, -0.05) is 11.6 Å². The first-order valence-corrected chi connectivity index (χ1v) is 6.91. The standard InChI is InChI=1S/C14H9BrClFN2O2/c15-10-6-8(17)2-3-9(10)14(21)19-12-5-7(13(18)20)1-4-11(12)16/h1-6H,(H2,18,20)(H,19,21). The topological polar surface area (TPSA) is 72.2 Å². The van der Waals surface area contributed by atoms with E-state index in [9.17, 15) is 14.0 Å². The number of benzene rings is 2. The second-order valence-corrected chi connectivity index (χ2v) is 5.40. The Morgan fingerprint density at radius 3 is 2.52 bits per heavy atom. The van der Waals surface area contributed by atoms with Crippen molar-refractivity contribution < 1.29 is 14.0 Å². The zero-order valence-corrected chi connectivity index (χ0v) is 12.8. The number of primary amides is 1. The summed E-state index contributed by atoms with van der Waals surface area (Å²) in [6.45, 7) is 0. The lowest BCUT2D eigenvalue weighted by atomic mass is 10.1. The zero-order valence-electron chi connectivity index (χ0n) is 10.5. The average molecular weight is 372 g/mol. The molecule has 2 aromatic rings. The van der Waals surface area contributed by atoms with Crippen molar-refractivity contribution in [1.29, 1.82) is 0 Å². The maximum atomic E-state index is 13.0. The molecule has 0 bridgehead atoms. The van der Waals surface area contributed by atoms with Crippen LogP contribution in [0.5, 0.6) is 0 Å². The maximum Gasteiger partial charge on any atom is 0.256 e. The summed E-state index contributed by atoms with van der Waals surface area (Å²) in [6, 6.07) is 7.96. The Balaban J connectivity index is 2.31. The fourth-order valence-electron chi connectivity index (χ4n) is 1.64. The number of halogens is 3. The summed E-state index contributed by atoms with van der Waals surface area (Å²) in [6.07, 6.45) is 0. The normalized spacial score (nSPS) is 10.2. The number of nitrogens with two attached hydrogens (primary N) is 1. The molecule has 3 N–H and O–H groups in total. The molecule has 0 fully saturated rings. The van der Waals surface area contributed by atoms with Crippen LogP contribution in [0.3, 0.4) is 0 Å². The van der Waals surface area contributed by atoms with Gasteiger partial charge in [-0.3, -0.25) is 9.59 Å². The van der Waals surface area contributed by atoms with E-state index in [2.05, 4.69) is 21.2 Å². The van der Waals surface area contributed by atoms with E-state index in [0.717, 1.165) is 0 Å². The van der Waals surface area contributed by atoms with Gasteiger partial charge in [0.15, 0.2) is 0 Å². The molecule has 0 radical (unpaired) electrons. The Hall–Kier alpha value is -1.92. The second-order valence-electron chi connectivity index (χ2n) is 4.14. The summed E-state index contributed by atoms with van der Waals surface area (Å²) in [5, 5.41) is 2.81. The lowest BCUT2D eigenvalue weighted by Crippen LogP contribution is -2.15. The van der Waals surface area contributed by atoms with Crippen LogP contribution >= 0.6 is 27.5 Å². The molecule has 0 atom stereocenters. The van der Waals surface area contributed by atoms with E-state index in [4.69, 9.17) is 17.3 Å². The van der Waals surface area contributed by atoms with Crippen molar-refractivity contribution in [2.75, 3.05) is 5.32 Å². The first kappa shape index (κ1) is 15.5. The van der Waals surface area contributed by atoms with Crippen molar-refractivity contribution in [1.82, 2.24) is 0 Å². The largest absolute Gasteiger partial charge is 0.366 e. The number of anilines is 1. The quantitative estimate of drug-likeness (QED) is 0.865. The van der Waals surface area contributed by atoms with Crippen molar-refractivity contribution in [3.63, 3.8) is 0 Å². The predicted molar refractivity (Wildman–Crippen MR) is 82.0 cm³/mol. The van der Waals surface area contributed by atoms with Crippen molar-refractivity contribution in [2.24, 2.45) is 5.73 Å². The number of rotatable bonds is 3. The fraction of sp³-hybridized carbons (Fsp3) is 0. The number of amides is 2. The monoisotopic (exact) mass is 370 g/mol. The molecule has 21 heavy (non-hydrogen) atoms. The Morgan fingerprint density at radius 2 is 1.90 bits per heavy atom. The van der Waals surface area contributed by atoms with Gasteiger partial charge >= 0.3 is 0 Å². The molecule has 0 spiro atoms. The van der Waals surface area contributed by atoms with Gasteiger partial charge in [0.2, 0.25) is 5.91 Å². The Kier molecular flexibility index (Phi) is 4.59. The molecule has 108 valence electrons. The lowest BCUT2D eigenvalue weighted by molar-refractivity contribution is 0.0996. The summed E-state index contributed by atoms with van der Waals surface area (Å²) in [5.41, 5.74) is 5.87. The third-order valence-electron chi connectivity index (χ3n) is 2.67. The van der Waals surface area contributed by atoms with Gasteiger partial charge in [0.25, 0.3) is 5.91 Å². The highest BCUT2D eigenvalue weighted by molar-refractivity contribution is 9.10. The van der Waals surface area contributed by atoms with Crippen LogP contribution in [0.2, 0.25) is 5.02 Å². The van der Waals surface area contributed by atoms with Crippen LogP contribution in [0.4, 0.5) is 10.1 Å². The first-order valence-electron chi connectivity index (χ1n) is 5.74. The van der Waals surface area contributed by atoms with Crippen LogP contribution in [-0.2, 0) is 0 Å². The zero-order chi connectivity index (χ0) is 15.6. The molecule has 0 unspecified atom stereocenters. The Labute approximate surface area is 133 Å². The molecular formula is C14H9BrClFN2O2. The summed E-state index contributed by atoms with van der Waals surface area (Å²) in [5.74, 6) is -1.59. The molecule has 0 heterocycles. The summed E-state index contributed by atoms with van der Waals surface area (Å²) < 4.78 is 13.3. The van der Waals surface area contributed by atoms with E-state index < -0.39 is 17.6 Å². The molecule has 0 aliphatic heterocycles. The third-order valence-corrected chi connectivity index (χ3v) is 3.66. The molecule has 2 aromatic carbocycles. The number of hydrogen-bond acceptors (Lipinski definition) is 2. The van der Waals surface area contributed by atoms with Crippen molar-refractivity contribution in [3.05, 3.63) is 62.8 Å². The first-order chi connectivity index (χ1) is 9.88. The van der Waals surface area contributed by atoms with Crippen molar-refractivity contribution in [3.8, 4) is 0 Å². The van der Waals surface area contributed by atoms with Gasteiger partial charge in [-0.2, -0.15) is 0 Å². The van der Waals surface area contributed by atoms with Gasteiger partial charge in [0.1, 0.15) is 5.82 Å². The summed E-state index contributed by atoms with van der Waals surface area (Å²) in [4.78, 5) is 23.3. The molecule has 0 aromatic heterocycles. The summed E-state index contributed by atoms with van der Waals surface area (Å²) >= 11 is 9.07. The van der Waals surface area contributed by atoms with Gasteiger partial charge < -0.3 is 11.1 Å². The average Bonchev–Trinajstić information content (AvgIpc) is 2.40. The highest BCUT2D eigenvalue weighted by Crippen LogP contribution is 2.25. The van der Waals surface area contributed by atoms with E-state index in [-0.39, 0.29) is 21.8 Å². The molecule has 0 aliphatic rings. The van der Waals surface area contributed by atoms with E-state index >= 15 is 0 Å². The van der Waals surface area contributed by atoms with Crippen molar-refractivity contribution >= 4 is 45.0 Å². The van der Waals surface area contributed by atoms with Gasteiger partial charge in [0, 0.05) is 10.0 Å². The van der Waals surface area contributed by atoms with E-state index in [1.54, 1.807) is 0 Å². The predicted octanol–water partition coefficient (Wildman–Crippen LogP) is 3.59. The minimum Gasteiger partial charge on any atom is -0.366 e. The fourth-order valence-corrected chi connectivity index (χ4v) is 2.33. The van der Waals surface area contributed by atoms with Gasteiger partial charge in [0.05, 0.1) is 16.3 Å². The van der Waals surface area contributed by atoms with E-state index in [1.165, 1.54) is 36.4 Å².